The molecular weight excluding hydrogens is 202 g/mol. The number of aromatic nitrogens is 3. The third-order valence-corrected chi connectivity index (χ3v) is 2.44. The Hall–Kier alpha value is -1.68. The van der Waals surface area contributed by atoms with Gasteiger partial charge in [-0.25, -0.2) is 4.68 Å². The lowest BCUT2D eigenvalue weighted by atomic mass is 10.1. The van der Waals surface area contributed by atoms with Gasteiger partial charge in [0.2, 0.25) is 0 Å². The molecule has 0 bridgehead atoms. The molecule has 0 amide bonds. The molecule has 0 saturated heterocycles. The van der Waals surface area contributed by atoms with Crippen LogP contribution in [0, 0.1) is 0 Å². The molecule has 1 aromatic heterocycles. The minimum absolute atomic E-state index is 0.0755. The largest absolute Gasteiger partial charge is 0.390 e. The first-order valence-electron chi connectivity index (χ1n) is 5.45. The van der Waals surface area contributed by atoms with Gasteiger partial charge in [0, 0.05) is 12.1 Å². The molecule has 1 N–H and O–H groups in total. The smallest absolute Gasteiger partial charge is 0.116 e. The summed E-state index contributed by atoms with van der Waals surface area (Å²) in [4.78, 5) is 0. The van der Waals surface area contributed by atoms with Gasteiger partial charge in [0.25, 0.3) is 0 Å². The monoisotopic (exact) mass is 217 g/mol. The van der Waals surface area contributed by atoms with Gasteiger partial charge in [0.05, 0.1) is 12.3 Å². The van der Waals surface area contributed by atoms with Gasteiger partial charge in [0.15, 0.2) is 0 Å². The van der Waals surface area contributed by atoms with E-state index in [0.29, 0.717) is 5.69 Å². The molecule has 0 radical (unpaired) electrons. The molecule has 1 aromatic carbocycles. The van der Waals surface area contributed by atoms with Gasteiger partial charge < -0.3 is 5.11 Å². The Labute approximate surface area is 94.5 Å². The molecule has 0 atom stereocenters. The Morgan fingerprint density at radius 2 is 2.00 bits per heavy atom. The molecule has 0 unspecified atom stereocenters. The Balaban J connectivity index is 2.48. The standard InChI is InChI=1S/C12H15N3O/c1-2-8-15-12(11(9-16)13-14-15)10-6-4-3-5-7-10/h3-7,16H,2,8-9H2,1H3. The maximum atomic E-state index is 9.25. The van der Waals surface area contributed by atoms with Crippen molar-refractivity contribution in [2.24, 2.45) is 0 Å². The number of nitrogens with zero attached hydrogens (tertiary/aromatic N) is 3. The van der Waals surface area contributed by atoms with E-state index < -0.39 is 0 Å². The van der Waals surface area contributed by atoms with E-state index in [-0.39, 0.29) is 6.61 Å². The van der Waals surface area contributed by atoms with E-state index in [9.17, 15) is 5.11 Å². The van der Waals surface area contributed by atoms with Gasteiger partial charge in [-0.1, -0.05) is 42.5 Å². The summed E-state index contributed by atoms with van der Waals surface area (Å²) >= 11 is 0. The summed E-state index contributed by atoms with van der Waals surface area (Å²) in [6, 6.07) is 9.92. The van der Waals surface area contributed by atoms with Crippen LogP contribution in [0.25, 0.3) is 11.3 Å². The van der Waals surface area contributed by atoms with Crippen LogP contribution in [0.5, 0.6) is 0 Å². The summed E-state index contributed by atoms with van der Waals surface area (Å²) in [6.45, 7) is 2.83. The molecule has 2 aromatic rings. The first kappa shape index (κ1) is 10.8. The maximum Gasteiger partial charge on any atom is 0.116 e. The second kappa shape index (κ2) is 4.90. The quantitative estimate of drug-likeness (QED) is 0.850. The third kappa shape index (κ3) is 1.97. The summed E-state index contributed by atoms with van der Waals surface area (Å²) in [5.74, 6) is 0. The Morgan fingerprint density at radius 3 is 2.62 bits per heavy atom. The fourth-order valence-electron chi connectivity index (χ4n) is 1.74. The zero-order chi connectivity index (χ0) is 11.4. The zero-order valence-electron chi connectivity index (χ0n) is 9.30. The van der Waals surface area contributed by atoms with Gasteiger partial charge in [-0.05, 0) is 6.42 Å². The van der Waals surface area contributed by atoms with E-state index in [0.717, 1.165) is 24.2 Å². The Morgan fingerprint density at radius 1 is 1.25 bits per heavy atom. The van der Waals surface area contributed by atoms with Crippen molar-refractivity contribution in [1.82, 2.24) is 15.0 Å². The predicted molar refractivity (Wildman–Crippen MR) is 61.7 cm³/mol. The normalized spacial score (nSPS) is 10.6. The van der Waals surface area contributed by atoms with Crippen LogP contribution >= 0.6 is 0 Å². The van der Waals surface area contributed by atoms with Crippen LogP contribution in [-0.4, -0.2) is 20.1 Å². The lowest BCUT2D eigenvalue weighted by molar-refractivity contribution is 0.277. The van der Waals surface area contributed by atoms with E-state index in [1.165, 1.54) is 0 Å². The van der Waals surface area contributed by atoms with Crippen molar-refractivity contribution >= 4 is 0 Å². The molecule has 1 heterocycles. The number of benzene rings is 1. The van der Waals surface area contributed by atoms with Crippen LogP contribution in [0.3, 0.4) is 0 Å². The highest BCUT2D eigenvalue weighted by Gasteiger charge is 2.12. The van der Waals surface area contributed by atoms with E-state index in [2.05, 4.69) is 17.2 Å². The average molecular weight is 217 g/mol. The fraction of sp³-hybridized carbons (Fsp3) is 0.333. The summed E-state index contributed by atoms with van der Waals surface area (Å²) in [5, 5.41) is 17.3. The van der Waals surface area contributed by atoms with Crippen LogP contribution < -0.4 is 0 Å². The van der Waals surface area contributed by atoms with Gasteiger partial charge in [-0.15, -0.1) is 5.10 Å². The van der Waals surface area contributed by atoms with Crippen molar-refractivity contribution in [3.05, 3.63) is 36.0 Å². The lowest BCUT2D eigenvalue weighted by Crippen LogP contribution is -2.02. The molecular formula is C12H15N3O. The first-order valence-corrected chi connectivity index (χ1v) is 5.45. The molecule has 16 heavy (non-hydrogen) atoms. The number of aliphatic hydroxyl groups excluding tert-OH is 1. The maximum absolute atomic E-state index is 9.25. The van der Waals surface area contributed by atoms with Crippen LogP contribution in [0.15, 0.2) is 30.3 Å². The van der Waals surface area contributed by atoms with Gasteiger partial charge in [0.1, 0.15) is 5.69 Å². The number of hydrogen-bond donors (Lipinski definition) is 1. The predicted octanol–water partition coefficient (Wildman–Crippen LogP) is 1.85. The van der Waals surface area contributed by atoms with E-state index in [4.69, 9.17) is 0 Å². The van der Waals surface area contributed by atoms with Crippen molar-refractivity contribution in [3.8, 4) is 11.3 Å². The van der Waals surface area contributed by atoms with Crippen LogP contribution in [0.2, 0.25) is 0 Å². The van der Waals surface area contributed by atoms with Crippen molar-refractivity contribution in [3.63, 3.8) is 0 Å². The summed E-state index contributed by atoms with van der Waals surface area (Å²) < 4.78 is 1.85. The number of aliphatic hydroxyl groups is 1. The Bertz CT molecular complexity index is 451. The van der Waals surface area contributed by atoms with E-state index in [1.807, 2.05) is 35.0 Å². The number of aryl methyl sites for hydroxylation is 1. The summed E-state index contributed by atoms with van der Waals surface area (Å²) in [6.07, 6.45) is 0.994. The van der Waals surface area contributed by atoms with Gasteiger partial charge >= 0.3 is 0 Å². The number of hydrogen-bond acceptors (Lipinski definition) is 3. The van der Waals surface area contributed by atoms with Crippen LogP contribution in [0.1, 0.15) is 19.0 Å². The minimum Gasteiger partial charge on any atom is -0.390 e. The highest BCUT2D eigenvalue weighted by Crippen LogP contribution is 2.22. The molecule has 84 valence electrons. The topological polar surface area (TPSA) is 50.9 Å². The van der Waals surface area contributed by atoms with Crippen molar-refractivity contribution in [2.75, 3.05) is 0 Å². The molecule has 0 aliphatic heterocycles. The van der Waals surface area contributed by atoms with E-state index >= 15 is 0 Å². The molecule has 4 nitrogen and oxygen atoms in total. The van der Waals surface area contributed by atoms with Gasteiger partial charge in [-0.2, -0.15) is 0 Å². The molecule has 0 saturated carbocycles. The molecule has 4 heteroatoms. The second-order valence-electron chi connectivity index (χ2n) is 3.63. The van der Waals surface area contributed by atoms with Crippen molar-refractivity contribution < 1.29 is 5.11 Å². The van der Waals surface area contributed by atoms with Crippen molar-refractivity contribution in [2.45, 2.75) is 26.5 Å². The highest BCUT2D eigenvalue weighted by molar-refractivity contribution is 5.61. The van der Waals surface area contributed by atoms with Crippen LogP contribution in [-0.2, 0) is 13.2 Å². The molecule has 2 rings (SSSR count). The molecule has 0 aliphatic rings. The summed E-state index contributed by atoms with van der Waals surface area (Å²) in [5.41, 5.74) is 2.61. The summed E-state index contributed by atoms with van der Waals surface area (Å²) in [7, 11) is 0. The molecule has 0 fully saturated rings. The fourth-order valence-corrected chi connectivity index (χ4v) is 1.74. The lowest BCUT2D eigenvalue weighted by Gasteiger charge is -2.06. The Kier molecular flexibility index (Phi) is 3.31. The first-order chi connectivity index (χ1) is 7.86. The number of rotatable bonds is 4. The van der Waals surface area contributed by atoms with E-state index in [1.54, 1.807) is 0 Å². The van der Waals surface area contributed by atoms with Gasteiger partial charge in [-0.3, -0.25) is 0 Å². The molecule has 0 aliphatic carbocycles. The highest BCUT2D eigenvalue weighted by atomic mass is 16.3. The van der Waals surface area contributed by atoms with Crippen molar-refractivity contribution in [1.29, 1.82) is 0 Å². The minimum atomic E-state index is -0.0755. The zero-order valence-corrected chi connectivity index (χ0v) is 9.30. The molecule has 0 spiro atoms. The SMILES string of the molecule is CCCn1nnc(CO)c1-c1ccccc1. The third-order valence-electron chi connectivity index (χ3n) is 2.44. The second-order valence-corrected chi connectivity index (χ2v) is 3.63. The average Bonchev–Trinajstić information content (AvgIpc) is 2.74. The van der Waals surface area contributed by atoms with Crippen LogP contribution in [0.4, 0.5) is 0 Å².